The van der Waals surface area contributed by atoms with Gasteiger partial charge in [-0.15, -0.1) is 0 Å². The maximum absolute atomic E-state index is 12.2. The lowest BCUT2D eigenvalue weighted by atomic mass is 10.1. The van der Waals surface area contributed by atoms with Crippen LogP contribution in [-0.4, -0.2) is 33.9 Å². The van der Waals surface area contributed by atoms with E-state index in [0.29, 0.717) is 23.0 Å². The zero-order valence-corrected chi connectivity index (χ0v) is 16.7. The lowest BCUT2D eigenvalue weighted by Crippen LogP contribution is -2.30. The first-order chi connectivity index (χ1) is 13.9. The van der Waals surface area contributed by atoms with Crippen LogP contribution in [0.4, 0.5) is 5.69 Å². The van der Waals surface area contributed by atoms with Gasteiger partial charge < -0.3 is 14.6 Å². The van der Waals surface area contributed by atoms with E-state index in [0.717, 1.165) is 5.56 Å². The minimum atomic E-state index is -0.973. The van der Waals surface area contributed by atoms with Crippen LogP contribution in [-0.2, 0) is 20.7 Å². The van der Waals surface area contributed by atoms with Gasteiger partial charge >= 0.3 is 5.97 Å². The highest BCUT2D eigenvalue weighted by atomic mass is 32.1. The Balaban J connectivity index is 1.46. The molecule has 0 fully saturated rings. The van der Waals surface area contributed by atoms with Crippen molar-refractivity contribution in [1.29, 1.82) is 0 Å². The highest BCUT2D eigenvalue weighted by molar-refractivity contribution is 7.08. The average Bonchev–Trinajstić information content (AvgIpc) is 3.38. The standard InChI is InChI=1S/C20H19N3O5S/c1-12(24)14-3-5-16(6-4-14)21-20(26)13(2)27-18(25)8-7-17-22-19(23-28-17)15-9-10-29-11-15/h3-6,9-11,13H,7-8H2,1-2H3,(H,21,26)/t13-/m0/s1. The molecule has 2 aromatic heterocycles. The molecule has 0 unspecified atom stereocenters. The summed E-state index contributed by atoms with van der Waals surface area (Å²) in [6.45, 7) is 2.95. The second-order valence-corrected chi connectivity index (χ2v) is 7.06. The third kappa shape index (κ3) is 5.58. The number of thiophene rings is 1. The summed E-state index contributed by atoms with van der Waals surface area (Å²) in [5.41, 5.74) is 1.91. The van der Waals surface area contributed by atoms with Crippen LogP contribution in [0.2, 0.25) is 0 Å². The number of carbonyl (C=O) groups excluding carboxylic acids is 3. The Labute approximate surface area is 170 Å². The predicted octanol–water partition coefficient (Wildman–Crippen LogP) is 3.50. The van der Waals surface area contributed by atoms with Crippen molar-refractivity contribution in [3.8, 4) is 11.4 Å². The monoisotopic (exact) mass is 413 g/mol. The number of ketones is 1. The Morgan fingerprint density at radius 2 is 1.97 bits per heavy atom. The molecule has 9 heteroatoms. The Morgan fingerprint density at radius 1 is 1.21 bits per heavy atom. The summed E-state index contributed by atoms with van der Waals surface area (Å²) >= 11 is 1.53. The van der Waals surface area contributed by atoms with Gasteiger partial charge in [-0.25, -0.2) is 0 Å². The number of hydrogen-bond donors (Lipinski definition) is 1. The minimum absolute atomic E-state index is 0.0101. The van der Waals surface area contributed by atoms with Gasteiger partial charge in [-0.05, 0) is 49.6 Å². The predicted molar refractivity (Wildman–Crippen MR) is 107 cm³/mol. The molecule has 0 aliphatic heterocycles. The molecular weight excluding hydrogens is 394 g/mol. The lowest BCUT2D eigenvalue weighted by molar-refractivity contribution is -0.153. The molecule has 8 nitrogen and oxygen atoms in total. The number of rotatable bonds is 8. The van der Waals surface area contributed by atoms with Crippen LogP contribution in [0, 0.1) is 0 Å². The van der Waals surface area contributed by atoms with E-state index in [1.54, 1.807) is 24.3 Å². The van der Waals surface area contributed by atoms with Crippen LogP contribution >= 0.6 is 11.3 Å². The molecule has 1 aromatic carbocycles. The molecule has 1 N–H and O–H groups in total. The number of anilines is 1. The van der Waals surface area contributed by atoms with Gasteiger partial charge in [0.15, 0.2) is 11.9 Å². The molecule has 0 radical (unpaired) electrons. The fourth-order valence-corrected chi connectivity index (χ4v) is 3.05. The molecule has 0 saturated heterocycles. The number of nitrogens with zero attached hydrogens (tertiary/aromatic N) is 2. The van der Waals surface area contributed by atoms with Crippen LogP contribution in [0.25, 0.3) is 11.4 Å². The van der Waals surface area contributed by atoms with Crippen LogP contribution in [0.15, 0.2) is 45.6 Å². The molecule has 3 rings (SSSR count). The molecule has 0 bridgehead atoms. The molecule has 150 valence electrons. The zero-order valence-electron chi connectivity index (χ0n) is 15.9. The van der Waals surface area contributed by atoms with E-state index < -0.39 is 18.0 Å². The molecule has 0 aliphatic carbocycles. The highest BCUT2D eigenvalue weighted by Crippen LogP contribution is 2.19. The maximum Gasteiger partial charge on any atom is 0.307 e. The van der Waals surface area contributed by atoms with Crippen LogP contribution in [0.3, 0.4) is 0 Å². The van der Waals surface area contributed by atoms with E-state index in [1.807, 2.05) is 16.8 Å². The van der Waals surface area contributed by atoms with Gasteiger partial charge in [-0.1, -0.05) is 5.16 Å². The molecular formula is C20H19N3O5S. The molecule has 0 saturated carbocycles. The summed E-state index contributed by atoms with van der Waals surface area (Å²) in [4.78, 5) is 39.7. The number of Topliss-reactive ketones (excluding diaryl/α,β-unsaturated/α-hetero) is 1. The Morgan fingerprint density at radius 3 is 2.62 bits per heavy atom. The summed E-state index contributed by atoms with van der Waals surface area (Å²) in [6, 6.07) is 8.34. The minimum Gasteiger partial charge on any atom is -0.453 e. The van der Waals surface area contributed by atoms with Gasteiger partial charge in [0.05, 0.1) is 6.42 Å². The normalized spacial score (nSPS) is 11.7. The van der Waals surface area contributed by atoms with E-state index >= 15 is 0 Å². The molecule has 1 amide bonds. The van der Waals surface area contributed by atoms with Crippen LogP contribution in [0.5, 0.6) is 0 Å². The summed E-state index contributed by atoms with van der Waals surface area (Å²) in [6.07, 6.45) is -0.744. The molecule has 29 heavy (non-hydrogen) atoms. The Hall–Kier alpha value is -3.33. The van der Waals surface area contributed by atoms with E-state index in [2.05, 4.69) is 15.5 Å². The number of aromatic nitrogens is 2. The van der Waals surface area contributed by atoms with Crippen molar-refractivity contribution in [2.45, 2.75) is 32.8 Å². The molecule has 0 spiro atoms. The number of ether oxygens (including phenoxy) is 1. The molecule has 2 heterocycles. The molecule has 1 atom stereocenters. The number of benzene rings is 1. The van der Waals surface area contributed by atoms with Gasteiger partial charge in [0, 0.05) is 28.6 Å². The highest BCUT2D eigenvalue weighted by Gasteiger charge is 2.19. The van der Waals surface area contributed by atoms with Gasteiger partial charge in [0.25, 0.3) is 5.91 Å². The first kappa shape index (κ1) is 20.4. The number of aryl methyl sites for hydroxylation is 1. The van der Waals surface area contributed by atoms with Crippen molar-refractivity contribution in [3.63, 3.8) is 0 Å². The third-order valence-electron chi connectivity index (χ3n) is 4.03. The first-order valence-electron chi connectivity index (χ1n) is 8.89. The summed E-state index contributed by atoms with van der Waals surface area (Å²) in [5, 5.41) is 10.3. The van der Waals surface area contributed by atoms with Crippen molar-refractivity contribution in [2.75, 3.05) is 5.32 Å². The summed E-state index contributed by atoms with van der Waals surface area (Å²) < 4.78 is 10.3. The Kier molecular flexibility index (Phi) is 6.50. The summed E-state index contributed by atoms with van der Waals surface area (Å²) in [7, 11) is 0. The summed E-state index contributed by atoms with van der Waals surface area (Å²) in [5.74, 6) is -0.279. The number of hydrogen-bond acceptors (Lipinski definition) is 8. The number of esters is 1. The van der Waals surface area contributed by atoms with E-state index in [4.69, 9.17) is 9.26 Å². The van der Waals surface area contributed by atoms with Gasteiger partial charge in [0.1, 0.15) is 0 Å². The van der Waals surface area contributed by atoms with Crippen LogP contribution < -0.4 is 5.32 Å². The number of carbonyl (C=O) groups is 3. The Bertz CT molecular complexity index is 996. The van der Waals surface area contributed by atoms with E-state index in [1.165, 1.54) is 25.2 Å². The topological polar surface area (TPSA) is 111 Å². The van der Waals surface area contributed by atoms with Crippen molar-refractivity contribution >= 4 is 34.7 Å². The van der Waals surface area contributed by atoms with Crippen molar-refractivity contribution in [1.82, 2.24) is 10.1 Å². The van der Waals surface area contributed by atoms with E-state index in [9.17, 15) is 14.4 Å². The quantitative estimate of drug-likeness (QED) is 0.444. The fraction of sp³-hybridized carbons (Fsp3) is 0.250. The second-order valence-electron chi connectivity index (χ2n) is 6.28. The van der Waals surface area contributed by atoms with Crippen molar-refractivity contribution in [2.24, 2.45) is 0 Å². The van der Waals surface area contributed by atoms with Crippen molar-refractivity contribution < 1.29 is 23.6 Å². The maximum atomic E-state index is 12.2. The van der Waals surface area contributed by atoms with Gasteiger partial charge in [-0.3, -0.25) is 14.4 Å². The largest absolute Gasteiger partial charge is 0.453 e. The smallest absolute Gasteiger partial charge is 0.307 e. The fourth-order valence-electron chi connectivity index (χ4n) is 2.42. The number of amides is 1. The zero-order chi connectivity index (χ0) is 20.8. The SMILES string of the molecule is CC(=O)c1ccc(NC(=O)[C@H](C)OC(=O)CCc2nc(-c3ccsc3)no2)cc1. The number of nitrogens with one attached hydrogen (secondary N) is 1. The second kappa shape index (κ2) is 9.24. The average molecular weight is 413 g/mol. The lowest BCUT2D eigenvalue weighted by Gasteiger charge is -2.13. The van der Waals surface area contributed by atoms with Gasteiger partial charge in [-0.2, -0.15) is 16.3 Å². The van der Waals surface area contributed by atoms with Crippen LogP contribution in [0.1, 0.15) is 36.5 Å². The third-order valence-corrected chi connectivity index (χ3v) is 4.71. The van der Waals surface area contributed by atoms with Crippen molar-refractivity contribution in [3.05, 3.63) is 52.5 Å². The molecule has 0 aliphatic rings. The first-order valence-corrected chi connectivity index (χ1v) is 9.83. The van der Waals surface area contributed by atoms with Gasteiger partial charge in [0.2, 0.25) is 11.7 Å². The molecule has 3 aromatic rings. The van der Waals surface area contributed by atoms with E-state index in [-0.39, 0.29) is 18.6 Å².